The fourth-order valence-corrected chi connectivity index (χ4v) is 1.64. The van der Waals surface area contributed by atoms with E-state index in [0.717, 1.165) is 18.1 Å². The van der Waals surface area contributed by atoms with Crippen LogP contribution in [0.2, 0.25) is 0 Å². The van der Waals surface area contributed by atoms with E-state index in [-0.39, 0.29) is 0 Å². The van der Waals surface area contributed by atoms with Crippen LogP contribution in [0.5, 0.6) is 0 Å². The van der Waals surface area contributed by atoms with Gasteiger partial charge in [0.05, 0.1) is 0 Å². The van der Waals surface area contributed by atoms with Gasteiger partial charge in [0.2, 0.25) is 0 Å². The van der Waals surface area contributed by atoms with Gasteiger partial charge in [-0.2, -0.15) is 0 Å². The number of hydrogen-bond acceptors (Lipinski definition) is 2. The fourth-order valence-electron chi connectivity index (χ4n) is 0.838. The standard InChI is InChI=1S/C9H10O2S/c1-2-8-5-7(6-12-8)3-4-9(10)11/h3-6H,2H2,1H3,(H,10,11)/b4-3+. The summed E-state index contributed by atoms with van der Waals surface area (Å²) in [6, 6.07) is 2.00. The summed E-state index contributed by atoms with van der Waals surface area (Å²) in [5.41, 5.74) is 0.972. The predicted octanol–water partition coefficient (Wildman–Crippen LogP) is 2.41. The van der Waals surface area contributed by atoms with Gasteiger partial charge in [-0.3, -0.25) is 0 Å². The van der Waals surface area contributed by atoms with Crippen LogP contribution in [0.15, 0.2) is 17.5 Å². The molecule has 0 aliphatic rings. The van der Waals surface area contributed by atoms with E-state index in [1.165, 1.54) is 4.88 Å². The molecule has 0 aliphatic carbocycles. The maximum atomic E-state index is 10.2. The molecule has 0 spiro atoms. The zero-order valence-corrected chi connectivity index (χ0v) is 7.60. The van der Waals surface area contributed by atoms with Crippen LogP contribution >= 0.6 is 11.3 Å². The van der Waals surface area contributed by atoms with E-state index < -0.39 is 5.97 Å². The Balaban J connectivity index is 2.70. The summed E-state index contributed by atoms with van der Waals surface area (Å²) in [6.45, 7) is 2.08. The molecule has 1 aromatic rings. The number of carboxylic acids is 1. The fraction of sp³-hybridized carbons (Fsp3) is 0.222. The second-order valence-corrected chi connectivity index (χ2v) is 3.37. The van der Waals surface area contributed by atoms with Crippen LogP contribution in [-0.4, -0.2) is 11.1 Å². The van der Waals surface area contributed by atoms with E-state index >= 15 is 0 Å². The monoisotopic (exact) mass is 182 g/mol. The smallest absolute Gasteiger partial charge is 0.328 e. The molecule has 0 bridgehead atoms. The van der Waals surface area contributed by atoms with Crippen molar-refractivity contribution >= 4 is 23.4 Å². The maximum Gasteiger partial charge on any atom is 0.328 e. The summed E-state index contributed by atoms with van der Waals surface area (Å²) >= 11 is 1.66. The SMILES string of the molecule is CCc1cc(/C=C/C(=O)O)cs1. The Morgan fingerprint density at radius 1 is 1.75 bits per heavy atom. The molecule has 1 N–H and O–H groups in total. The summed E-state index contributed by atoms with van der Waals surface area (Å²) in [5.74, 6) is -0.903. The summed E-state index contributed by atoms with van der Waals surface area (Å²) in [4.78, 5) is 11.4. The lowest BCUT2D eigenvalue weighted by Crippen LogP contribution is -1.84. The topological polar surface area (TPSA) is 37.3 Å². The summed E-state index contributed by atoms with van der Waals surface area (Å²) in [5, 5.41) is 10.3. The van der Waals surface area contributed by atoms with E-state index in [1.54, 1.807) is 17.4 Å². The van der Waals surface area contributed by atoms with Gasteiger partial charge in [-0.1, -0.05) is 6.92 Å². The number of carbonyl (C=O) groups is 1. The predicted molar refractivity (Wildman–Crippen MR) is 50.4 cm³/mol. The Morgan fingerprint density at radius 3 is 3.00 bits per heavy atom. The van der Waals surface area contributed by atoms with Gasteiger partial charge in [-0.25, -0.2) is 4.79 Å². The van der Waals surface area contributed by atoms with Crippen molar-refractivity contribution in [3.8, 4) is 0 Å². The molecule has 0 amide bonds. The van der Waals surface area contributed by atoms with E-state index in [1.807, 2.05) is 11.4 Å². The summed E-state index contributed by atoms with van der Waals surface area (Å²) in [7, 11) is 0. The molecular weight excluding hydrogens is 172 g/mol. The van der Waals surface area contributed by atoms with Crippen LogP contribution in [0.25, 0.3) is 6.08 Å². The average Bonchev–Trinajstić information content (AvgIpc) is 2.48. The molecule has 0 radical (unpaired) electrons. The highest BCUT2D eigenvalue weighted by Crippen LogP contribution is 2.15. The summed E-state index contributed by atoms with van der Waals surface area (Å²) < 4.78 is 0. The molecule has 1 aromatic heterocycles. The molecule has 3 heteroatoms. The number of rotatable bonds is 3. The zero-order valence-electron chi connectivity index (χ0n) is 6.78. The lowest BCUT2D eigenvalue weighted by atomic mass is 10.2. The molecule has 12 heavy (non-hydrogen) atoms. The minimum atomic E-state index is -0.903. The molecular formula is C9H10O2S. The Hall–Kier alpha value is -1.09. The number of thiophene rings is 1. The third kappa shape index (κ3) is 2.51. The Labute approximate surface area is 75.2 Å². The highest BCUT2D eigenvalue weighted by atomic mass is 32.1. The number of aryl methyl sites for hydroxylation is 1. The van der Waals surface area contributed by atoms with Gasteiger partial charge in [0.1, 0.15) is 0 Å². The summed E-state index contributed by atoms with van der Waals surface area (Å²) in [6.07, 6.45) is 3.77. The minimum Gasteiger partial charge on any atom is -0.478 e. The first kappa shape index (κ1) is 9.00. The Morgan fingerprint density at radius 2 is 2.50 bits per heavy atom. The van der Waals surface area contributed by atoms with E-state index in [2.05, 4.69) is 6.92 Å². The van der Waals surface area contributed by atoms with Crippen molar-refractivity contribution in [2.75, 3.05) is 0 Å². The van der Waals surface area contributed by atoms with Crippen molar-refractivity contribution < 1.29 is 9.90 Å². The van der Waals surface area contributed by atoms with Crippen molar-refractivity contribution in [3.63, 3.8) is 0 Å². The maximum absolute atomic E-state index is 10.2. The lowest BCUT2D eigenvalue weighted by molar-refractivity contribution is -0.131. The molecule has 0 unspecified atom stereocenters. The second-order valence-electron chi connectivity index (χ2n) is 2.37. The Kier molecular flexibility index (Phi) is 3.05. The molecule has 2 nitrogen and oxygen atoms in total. The van der Waals surface area contributed by atoms with Crippen LogP contribution in [0.3, 0.4) is 0 Å². The average molecular weight is 182 g/mol. The normalized spacial score (nSPS) is 10.8. The number of carboxylic acid groups (broad SMARTS) is 1. The van der Waals surface area contributed by atoms with Gasteiger partial charge in [-0.15, -0.1) is 11.3 Å². The molecule has 64 valence electrons. The van der Waals surface area contributed by atoms with E-state index in [4.69, 9.17) is 5.11 Å². The molecule has 0 saturated heterocycles. The highest BCUT2D eigenvalue weighted by Gasteiger charge is 1.94. The molecule has 0 aromatic carbocycles. The van der Waals surface area contributed by atoms with Gasteiger partial charge < -0.3 is 5.11 Å². The molecule has 1 heterocycles. The molecule has 0 atom stereocenters. The largest absolute Gasteiger partial charge is 0.478 e. The third-order valence-corrected chi connectivity index (χ3v) is 2.54. The molecule has 0 aliphatic heterocycles. The van der Waals surface area contributed by atoms with Gasteiger partial charge in [0, 0.05) is 11.0 Å². The first-order valence-corrected chi connectivity index (χ1v) is 4.58. The lowest BCUT2D eigenvalue weighted by Gasteiger charge is -1.82. The van der Waals surface area contributed by atoms with Gasteiger partial charge in [-0.05, 0) is 29.5 Å². The van der Waals surface area contributed by atoms with Crippen LogP contribution in [0, 0.1) is 0 Å². The van der Waals surface area contributed by atoms with Crippen molar-refractivity contribution in [1.29, 1.82) is 0 Å². The van der Waals surface area contributed by atoms with Crippen LogP contribution in [0.1, 0.15) is 17.4 Å². The minimum absolute atomic E-state index is 0.903. The first-order chi connectivity index (χ1) is 5.72. The molecule has 0 saturated carbocycles. The van der Waals surface area contributed by atoms with Gasteiger partial charge >= 0.3 is 5.97 Å². The van der Waals surface area contributed by atoms with Crippen LogP contribution in [-0.2, 0) is 11.2 Å². The van der Waals surface area contributed by atoms with Gasteiger partial charge in [0.15, 0.2) is 0 Å². The van der Waals surface area contributed by atoms with Crippen molar-refractivity contribution in [1.82, 2.24) is 0 Å². The van der Waals surface area contributed by atoms with Crippen molar-refractivity contribution in [3.05, 3.63) is 28.0 Å². The highest BCUT2D eigenvalue weighted by molar-refractivity contribution is 7.10. The quantitative estimate of drug-likeness (QED) is 0.729. The van der Waals surface area contributed by atoms with E-state index in [9.17, 15) is 4.79 Å². The van der Waals surface area contributed by atoms with Crippen LogP contribution in [0.4, 0.5) is 0 Å². The zero-order chi connectivity index (χ0) is 8.97. The van der Waals surface area contributed by atoms with E-state index in [0.29, 0.717) is 0 Å². The molecule has 1 rings (SSSR count). The molecule has 0 fully saturated rings. The Bertz CT molecular complexity index is 299. The van der Waals surface area contributed by atoms with Crippen molar-refractivity contribution in [2.24, 2.45) is 0 Å². The number of hydrogen-bond donors (Lipinski definition) is 1. The van der Waals surface area contributed by atoms with Crippen LogP contribution < -0.4 is 0 Å². The van der Waals surface area contributed by atoms with Crippen molar-refractivity contribution in [2.45, 2.75) is 13.3 Å². The first-order valence-electron chi connectivity index (χ1n) is 3.70. The number of aliphatic carboxylic acids is 1. The van der Waals surface area contributed by atoms with Gasteiger partial charge in [0.25, 0.3) is 0 Å². The third-order valence-electron chi connectivity index (χ3n) is 1.44. The second kappa shape index (κ2) is 4.07.